The van der Waals surface area contributed by atoms with Crippen LogP contribution in [0.25, 0.3) is 33.5 Å². The summed E-state index contributed by atoms with van der Waals surface area (Å²) in [5.41, 5.74) is 5.89. The molecule has 5 rings (SSSR count). The molecule has 0 bridgehead atoms. The Labute approximate surface area is 184 Å². The van der Waals surface area contributed by atoms with Gasteiger partial charge in [0.15, 0.2) is 0 Å². The lowest BCUT2D eigenvalue weighted by molar-refractivity contribution is 0.0135. The molecule has 0 saturated carbocycles. The fourth-order valence-corrected chi connectivity index (χ4v) is 3.94. The maximum Gasteiger partial charge on any atom is 0.261 e. The topological polar surface area (TPSA) is 57.7 Å². The van der Waals surface area contributed by atoms with Gasteiger partial charge in [-0.1, -0.05) is 17.9 Å². The number of alkyl halides is 2. The number of rotatable bonds is 3. The van der Waals surface area contributed by atoms with Crippen molar-refractivity contribution < 1.29 is 8.78 Å². The highest BCUT2D eigenvalue weighted by atomic mass is 19.3. The lowest BCUT2D eigenvalue weighted by Gasteiger charge is -2.11. The minimum Gasteiger partial charge on any atom is -0.346 e. The normalized spacial score (nSPS) is 15.6. The van der Waals surface area contributed by atoms with Crippen molar-refractivity contribution in [2.75, 3.05) is 19.6 Å². The molecule has 0 unspecified atom stereocenters. The van der Waals surface area contributed by atoms with Crippen molar-refractivity contribution in [2.24, 2.45) is 0 Å². The number of hydrogen-bond donors (Lipinski definition) is 1. The molecular formula is C25H21F2N5. The summed E-state index contributed by atoms with van der Waals surface area (Å²) in [6, 6.07) is 11.8. The van der Waals surface area contributed by atoms with Crippen LogP contribution in [0.4, 0.5) is 8.78 Å². The van der Waals surface area contributed by atoms with E-state index in [2.05, 4.69) is 26.8 Å². The van der Waals surface area contributed by atoms with Crippen molar-refractivity contribution in [1.29, 1.82) is 0 Å². The van der Waals surface area contributed by atoms with Crippen molar-refractivity contribution in [3.8, 4) is 34.4 Å². The summed E-state index contributed by atoms with van der Waals surface area (Å²) in [5.74, 6) is 3.48. The smallest absolute Gasteiger partial charge is 0.261 e. The van der Waals surface area contributed by atoms with E-state index in [-0.39, 0.29) is 13.0 Å². The van der Waals surface area contributed by atoms with Gasteiger partial charge in [-0.05, 0) is 42.8 Å². The second kappa shape index (κ2) is 8.13. The van der Waals surface area contributed by atoms with E-state index in [9.17, 15) is 8.78 Å². The lowest BCUT2D eigenvalue weighted by Crippen LogP contribution is -2.25. The van der Waals surface area contributed by atoms with Gasteiger partial charge in [0.1, 0.15) is 5.65 Å². The van der Waals surface area contributed by atoms with Gasteiger partial charge in [-0.25, -0.2) is 13.8 Å². The second-order valence-electron chi connectivity index (χ2n) is 8.04. The predicted molar refractivity (Wildman–Crippen MR) is 120 cm³/mol. The maximum atomic E-state index is 13.4. The molecule has 0 radical (unpaired) electrons. The quantitative estimate of drug-likeness (QED) is 0.480. The highest BCUT2D eigenvalue weighted by Crippen LogP contribution is 2.31. The molecule has 1 N–H and O–H groups in total. The van der Waals surface area contributed by atoms with Crippen LogP contribution in [-0.4, -0.2) is 50.4 Å². The maximum absolute atomic E-state index is 13.4. The molecule has 4 aromatic rings. The van der Waals surface area contributed by atoms with E-state index >= 15 is 0 Å². The third kappa shape index (κ3) is 4.23. The highest BCUT2D eigenvalue weighted by molar-refractivity contribution is 5.95. The molecule has 7 heteroatoms. The Morgan fingerprint density at radius 2 is 2.03 bits per heavy atom. The Morgan fingerprint density at radius 1 is 1.12 bits per heavy atom. The van der Waals surface area contributed by atoms with Crippen LogP contribution in [0.1, 0.15) is 17.7 Å². The Morgan fingerprint density at radius 3 is 2.84 bits per heavy atom. The number of pyridine rings is 3. The molecule has 1 aliphatic heterocycles. The third-order valence-corrected chi connectivity index (χ3v) is 5.51. The Bertz CT molecular complexity index is 1350. The SMILES string of the molecule is Cc1cccc(-c2cc(-c3cncc(C#CCN4CCC(F)(F)C4)c3)c3cc[nH]c3n2)n1. The van der Waals surface area contributed by atoms with Crippen molar-refractivity contribution >= 4 is 11.0 Å². The number of aryl methyl sites for hydroxylation is 1. The second-order valence-corrected chi connectivity index (χ2v) is 8.04. The molecular weight excluding hydrogens is 408 g/mol. The molecule has 0 aromatic carbocycles. The number of fused-ring (bicyclic) bond motifs is 1. The first kappa shape index (κ1) is 20.3. The van der Waals surface area contributed by atoms with Crippen molar-refractivity contribution in [2.45, 2.75) is 19.3 Å². The van der Waals surface area contributed by atoms with Gasteiger partial charge in [-0.3, -0.25) is 14.9 Å². The van der Waals surface area contributed by atoms with E-state index in [1.165, 1.54) is 0 Å². The largest absolute Gasteiger partial charge is 0.346 e. The van der Waals surface area contributed by atoms with E-state index in [0.717, 1.165) is 44.8 Å². The molecule has 1 saturated heterocycles. The van der Waals surface area contributed by atoms with Gasteiger partial charge in [0.25, 0.3) is 5.92 Å². The molecule has 5 nitrogen and oxygen atoms in total. The van der Waals surface area contributed by atoms with E-state index in [1.807, 2.05) is 49.5 Å². The first-order chi connectivity index (χ1) is 15.5. The summed E-state index contributed by atoms with van der Waals surface area (Å²) in [7, 11) is 0. The minimum absolute atomic E-state index is 0.0987. The standard InChI is InChI=1S/C25H21F2N5/c1-17-4-2-6-22(30-17)23-13-21(20-7-9-29-24(20)31-23)19-12-18(14-28-15-19)5-3-10-32-11-8-25(26,27)16-32/h2,4,6-7,9,12-15H,8,10-11,16H2,1H3,(H,29,31). The Balaban J connectivity index is 1.47. The number of likely N-dealkylation sites (tertiary alicyclic amines) is 1. The Hall–Kier alpha value is -3.63. The molecule has 0 aliphatic carbocycles. The summed E-state index contributed by atoms with van der Waals surface area (Å²) < 4.78 is 26.7. The van der Waals surface area contributed by atoms with Crippen LogP contribution in [0.15, 0.2) is 55.0 Å². The summed E-state index contributed by atoms with van der Waals surface area (Å²) in [6.45, 7) is 2.42. The van der Waals surface area contributed by atoms with Crippen LogP contribution < -0.4 is 0 Å². The summed E-state index contributed by atoms with van der Waals surface area (Å²) in [6.07, 6.45) is 5.24. The molecule has 0 spiro atoms. The van der Waals surface area contributed by atoms with Crippen LogP contribution >= 0.6 is 0 Å². The van der Waals surface area contributed by atoms with Crippen LogP contribution in [-0.2, 0) is 0 Å². The monoisotopic (exact) mass is 429 g/mol. The van der Waals surface area contributed by atoms with E-state index < -0.39 is 5.92 Å². The summed E-state index contributed by atoms with van der Waals surface area (Å²) in [4.78, 5) is 18.6. The van der Waals surface area contributed by atoms with E-state index in [0.29, 0.717) is 13.1 Å². The number of nitrogens with one attached hydrogen (secondary N) is 1. The zero-order valence-electron chi connectivity index (χ0n) is 17.6. The van der Waals surface area contributed by atoms with Gasteiger partial charge in [-0.2, -0.15) is 0 Å². The first-order valence-corrected chi connectivity index (χ1v) is 10.4. The summed E-state index contributed by atoms with van der Waals surface area (Å²) in [5, 5.41) is 0.979. The van der Waals surface area contributed by atoms with Gasteiger partial charge in [0.05, 0.1) is 24.5 Å². The minimum atomic E-state index is -2.60. The van der Waals surface area contributed by atoms with Crippen LogP contribution in [0.2, 0.25) is 0 Å². The first-order valence-electron chi connectivity index (χ1n) is 10.4. The molecule has 160 valence electrons. The molecule has 32 heavy (non-hydrogen) atoms. The van der Waals surface area contributed by atoms with Crippen molar-refractivity contribution in [3.63, 3.8) is 0 Å². The predicted octanol–water partition coefficient (Wildman–Crippen LogP) is 4.69. The van der Waals surface area contributed by atoms with Crippen molar-refractivity contribution in [3.05, 3.63) is 66.2 Å². The van der Waals surface area contributed by atoms with E-state index in [1.54, 1.807) is 17.3 Å². The average molecular weight is 429 g/mol. The van der Waals surface area contributed by atoms with Gasteiger partial charge in [0.2, 0.25) is 0 Å². The Kier molecular flexibility index (Phi) is 5.16. The molecule has 5 heterocycles. The van der Waals surface area contributed by atoms with Crippen LogP contribution in [0.5, 0.6) is 0 Å². The molecule has 0 atom stereocenters. The van der Waals surface area contributed by atoms with Gasteiger partial charge >= 0.3 is 0 Å². The molecule has 0 amide bonds. The van der Waals surface area contributed by atoms with E-state index in [4.69, 9.17) is 4.98 Å². The average Bonchev–Trinajstić information content (AvgIpc) is 3.39. The zero-order valence-corrected chi connectivity index (χ0v) is 17.6. The van der Waals surface area contributed by atoms with Crippen molar-refractivity contribution in [1.82, 2.24) is 24.8 Å². The number of aromatic amines is 1. The number of halogens is 2. The van der Waals surface area contributed by atoms with Crippen LogP contribution in [0, 0.1) is 18.8 Å². The summed E-state index contributed by atoms with van der Waals surface area (Å²) >= 11 is 0. The molecule has 1 aliphatic rings. The number of H-pyrrole nitrogens is 1. The van der Waals surface area contributed by atoms with Crippen LogP contribution in [0.3, 0.4) is 0 Å². The third-order valence-electron chi connectivity index (χ3n) is 5.51. The van der Waals surface area contributed by atoms with Gasteiger partial charge in [0, 0.05) is 53.8 Å². The number of hydrogen-bond acceptors (Lipinski definition) is 4. The highest BCUT2D eigenvalue weighted by Gasteiger charge is 2.37. The van der Waals surface area contributed by atoms with Gasteiger partial charge < -0.3 is 4.98 Å². The fraction of sp³-hybridized carbons (Fsp3) is 0.240. The number of nitrogens with zero attached hydrogens (tertiary/aromatic N) is 4. The van der Waals surface area contributed by atoms with Gasteiger partial charge in [-0.15, -0.1) is 0 Å². The molecule has 4 aromatic heterocycles. The molecule has 1 fully saturated rings. The zero-order chi connectivity index (χ0) is 22.1. The number of aromatic nitrogens is 4. The lowest BCUT2D eigenvalue weighted by atomic mass is 10.0. The fourth-order valence-electron chi connectivity index (χ4n) is 3.94.